The van der Waals surface area contributed by atoms with Gasteiger partial charge in [-0.1, -0.05) is 0 Å². The maximum atomic E-state index is 8.97. The number of rotatable bonds is 0. The van der Waals surface area contributed by atoms with Crippen molar-refractivity contribution >= 4 is 37.4 Å². The molecule has 1 aromatic heterocycles. The Hall–Kier alpha value is -1.36. The van der Waals surface area contributed by atoms with Gasteiger partial charge in [-0.3, -0.25) is 0 Å². The molecule has 66 valence electrons. The summed E-state index contributed by atoms with van der Waals surface area (Å²) < 4.78 is 1.56. The summed E-state index contributed by atoms with van der Waals surface area (Å²) >= 11 is 4.80. The van der Waals surface area contributed by atoms with E-state index < -0.39 is 0 Å². The van der Waals surface area contributed by atoms with E-state index >= 15 is 0 Å². The molecular formula is C10H3BrN2S. The number of nitriles is 2. The Morgan fingerprint density at radius 1 is 1.29 bits per heavy atom. The summed E-state index contributed by atoms with van der Waals surface area (Å²) in [5.41, 5.74) is 1.05. The summed E-state index contributed by atoms with van der Waals surface area (Å²) in [4.78, 5) is 0. The van der Waals surface area contributed by atoms with E-state index in [1.165, 1.54) is 11.3 Å². The summed E-state index contributed by atoms with van der Waals surface area (Å²) in [7, 11) is 0. The van der Waals surface area contributed by atoms with Gasteiger partial charge in [-0.05, 0) is 33.4 Å². The summed E-state index contributed by atoms with van der Waals surface area (Å²) in [6.45, 7) is 0. The van der Waals surface area contributed by atoms with E-state index in [-0.39, 0.29) is 0 Å². The molecule has 0 radical (unpaired) electrons. The quantitative estimate of drug-likeness (QED) is 0.731. The van der Waals surface area contributed by atoms with Gasteiger partial charge in [0.2, 0.25) is 0 Å². The molecular weight excluding hydrogens is 260 g/mol. The molecule has 1 heterocycles. The van der Waals surface area contributed by atoms with Gasteiger partial charge < -0.3 is 0 Å². The molecule has 0 spiro atoms. The van der Waals surface area contributed by atoms with Crippen LogP contribution < -0.4 is 0 Å². The second-order valence-corrected chi connectivity index (χ2v) is 4.41. The van der Waals surface area contributed by atoms with Crippen molar-refractivity contribution in [2.45, 2.75) is 0 Å². The first-order valence-electron chi connectivity index (χ1n) is 3.78. The zero-order valence-corrected chi connectivity index (χ0v) is 9.32. The number of hydrogen-bond donors (Lipinski definition) is 0. The van der Waals surface area contributed by atoms with Crippen molar-refractivity contribution in [3.05, 3.63) is 33.1 Å². The van der Waals surface area contributed by atoms with Crippen LogP contribution in [0.3, 0.4) is 0 Å². The zero-order chi connectivity index (χ0) is 10.1. The fraction of sp³-hybridized carbons (Fsp3) is 0. The largest absolute Gasteiger partial charge is 0.192 e. The van der Waals surface area contributed by atoms with E-state index in [1.807, 2.05) is 11.4 Å². The van der Waals surface area contributed by atoms with Gasteiger partial charge in [0.25, 0.3) is 0 Å². The molecule has 0 aliphatic heterocycles. The predicted octanol–water partition coefficient (Wildman–Crippen LogP) is 3.41. The van der Waals surface area contributed by atoms with Gasteiger partial charge in [0, 0.05) is 10.1 Å². The van der Waals surface area contributed by atoms with Gasteiger partial charge in [-0.2, -0.15) is 10.5 Å². The van der Waals surface area contributed by atoms with Crippen LogP contribution in [0, 0.1) is 22.7 Å². The molecule has 14 heavy (non-hydrogen) atoms. The molecule has 0 saturated carbocycles. The van der Waals surface area contributed by atoms with E-state index in [0.717, 1.165) is 10.1 Å². The fourth-order valence-electron chi connectivity index (χ4n) is 1.28. The highest BCUT2D eigenvalue weighted by Crippen LogP contribution is 2.32. The summed E-state index contributed by atoms with van der Waals surface area (Å²) in [6.07, 6.45) is 0. The number of hydrogen-bond acceptors (Lipinski definition) is 3. The van der Waals surface area contributed by atoms with Crippen LogP contribution in [0.2, 0.25) is 0 Å². The minimum atomic E-state index is 0.511. The molecule has 0 fully saturated rings. The Morgan fingerprint density at radius 3 is 2.71 bits per heavy atom. The zero-order valence-electron chi connectivity index (χ0n) is 6.91. The monoisotopic (exact) mass is 262 g/mol. The van der Waals surface area contributed by atoms with Crippen LogP contribution in [0.25, 0.3) is 10.1 Å². The van der Waals surface area contributed by atoms with Crippen molar-refractivity contribution in [1.29, 1.82) is 10.5 Å². The Labute approximate surface area is 93.1 Å². The average molecular weight is 263 g/mol. The van der Waals surface area contributed by atoms with E-state index in [9.17, 15) is 0 Å². The molecule has 0 bridgehead atoms. The van der Waals surface area contributed by atoms with Crippen LogP contribution >= 0.6 is 27.3 Å². The molecule has 0 saturated heterocycles. The second kappa shape index (κ2) is 3.42. The van der Waals surface area contributed by atoms with Gasteiger partial charge in [-0.15, -0.1) is 11.3 Å². The lowest BCUT2D eigenvalue weighted by atomic mass is 10.1. The topological polar surface area (TPSA) is 47.6 Å². The van der Waals surface area contributed by atoms with Crippen molar-refractivity contribution in [2.75, 3.05) is 0 Å². The van der Waals surface area contributed by atoms with Gasteiger partial charge in [0.1, 0.15) is 12.1 Å². The van der Waals surface area contributed by atoms with Crippen LogP contribution in [0.1, 0.15) is 11.1 Å². The lowest BCUT2D eigenvalue weighted by molar-refractivity contribution is 1.45. The van der Waals surface area contributed by atoms with Crippen LogP contribution in [0.4, 0.5) is 0 Å². The van der Waals surface area contributed by atoms with Crippen LogP contribution in [-0.4, -0.2) is 0 Å². The average Bonchev–Trinajstić information content (AvgIpc) is 2.64. The maximum absolute atomic E-state index is 8.97. The Balaban J connectivity index is 2.98. The minimum Gasteiger partial charge on any atom is -0.192 e. The first kappa shape index (κ1) is 9.21. The van der Waals surface area contributed by atoms with E-state index in [1.54, 1.807) is 6.07 Å². The van der Waals surface area contributed by atoms with Crippen molar-refractivity contribution in [2.24, 2.45) is 0 Å². The summed E-state index contributed by atoms with van der Waals surface area (Å²) in [5.74, 6) is 0. The van der Waals surface area contributed by atoms with Crippen molar-refractivity contribution < 1.29 is 0 Å². The molecule has 1 aromatic carbocycles. The number of fused-ring (bicyclic) bond motifs is 1. The molecule has 0 N–H and O–H groups in total. The smallest absolute Gasteiger partial charge is 0.101 e. The standard InChI is InChI=1S/C10H3BrN2S/c11-10-6(4-12)3-9-7(1-2-14-9)8(10)5-13/h1-3H. The SMILES string of the molecule is N#Cc1cc2sccc2c(C#N)c1Br. The van der Waals surface area contributed by atoms with Crippen molar-refractivity contribution in [3.8, 4) is 12.1 Å². The normalized spacial score (nSPS) is 9.64. The van der Waals surface area contributed by atoms with Gasteiger partial charge in [0.05, 0.1) is 15.6 Å². The fourth-order valence-corrected chi connectivity index (χ4v) is 2.62. The Bertz CT molecular complexity index is 586. The molecule has 0 aliphatic carbocycles. The van der Waals surface area contributed by atoms with Crippen molar-refractivity contribution in [1.82, 2.24) is 0 Å². The molecule has 0 unspecified atom stereocenters. The molecule has 0 atom stereocenters. The van der Waals surface area contributed by atoms with E-state index in [4.69, 9.17) is 10.5 Å². The molecule has 0 aliphatic rings. The predicted molar refractivity (Wildman–Crippen MR) is 59.0 cm³/mol. The Morgan fingerprint density at radius 2 is 2.07 bits per heavy atom. The van der Waals surface area contributed by atoms with E-state index in [2.05, 4.69) is 28.1 Å². The molecule has 2 rings (SSSR count). The van der Waals surface area contributed by atoms with Crippen LogP contribution in [-0.2, 0) is 0 Å². The lowest BCUT2D eigenvalue weighted by Crippen LogP contribution is -1.84. The van der Waals surface area contributed by atoms with Gasteiger partial charge >= 0.3 is 0 Å². The first-order valence-corrected chi connectivity index (χ1v) is 5.45. The van der Waals surface area contributed by atoms with Gasteiger partial charge in [0.15, 0.2) is 0 Å². The highest BCUT2D eigenvalue weighted by atomic mass is 79.9. The molecule has 2 nitrogen and oxygen atoms in total. The highest BCUT2D eigenvalue weighted by molar-refractivity contribution is 9.10. The molecule has 0 amide bonds. The third-order valence-corrected chi connectivity index (χ3v) is 3.62. The van der Waals surface area contributed by atoms with Crippen LogP contribution in [0.5, 0.6) is 0 Å². The summed E-state index contributed by atoms with van der Waals surface area (Å²) in [5, 5.41) is 20.6. The van der Waals surface area contributed by atoms with Crippen LogP contribution in [0.15, 0.2) is 22.0 Å². The van der Waals surface area contributed by atoms with Crippen molar-refractivity contribution in [3.63, 3.8) is 0 Å². The third-order valence-electron chi connectivity index (χ3n) is 1.93. The maximum Gasteiger partial charge on any atom is 0.101 e. The Kier molecular flexibility index (Phi) is 2.25. The number of nitrogens with zero attached hydrogens (tertiary/aromatic N) is 2. The summed E-state index contributed by atoms with van der Waals surface area (Å²) in [6, 6.07) is 7.86. The second-order valence-electron chi connectivity index (χ2n) is 2.67. The third kappa shape index (κ3) is 1.21. The number of thiophene rings is 1. The van der Waals surface area contributed by atoms with Gasteiger partial charge in [-0.25, -0.2) is 0 Å². The van der Waals surface area contributed by atoms with E-state index in [0.29, 0.717) is 15.6 Å². The lowest BCUT2D eigenvalue weighted by Gasteiger charge is -1.99. The highest BCUT2D eigenvalue weighted by Gasteiger charge is 2.11. The first-order chi connectivity index (χ1) is 6.77. The number of halogens is 1. The molecule has 2 aromatic rings. The minimum absolute atomic E-state index is 0.511. The molecule has 4 heteroatoms. The number of benzene rings is 1.